The first kappa shape index (κ1) is 12.7. The molecule has 0 aliphatic carbocycles. The molecule has 90 valence electrons. The Morgan fingerprint density at radius 2 is 2.19 bits per heavy atom. The predicted octanol–water partition coefficient (Wildman–Crippen LogP) is 1.22. The number of ether oxygens (including phenoxy) is 1. The standard InChI is InChI=1S/C12H19NO3/c1-4-5-6-11(14)13-7-9(2)10(8-13)12(15)16-3/h4,9-10H,1,5-8H2,2-3H3. The summed E-state index contributed by atoms with van der Waals surface area (Å²) in [5.74, 6) is -0.109. The lowest BCUT2D eigenvalue weighted by atomic mass is 9.99. The summed E-state index contributed by atoms with van der Waals surface area (Å²) in [5, 5.41) is 0. The molecule has 1 amide bonds. The molecule has 0 saturated carbocycles. The maximum atomic E-state index is 11.7. The fourth-order valence-corrected chi connectivity index (χ4v) is 2.01. The second-order valence-electron chi connectivity index (χ2n) is 4.23. The number of carbonyl (C=O) groups excluding carboxylic acids is 2. The van der Waals surface area contributed by atoms with Crippen LogP contribution in [0, 0.1) is 11.8 Å². The van der Waals surface area contributed by atoms with Gasteiger partial charge in [-0.1, -0.05) is 13.0 Å². The summed E-state index contributed by atoms with van der Waals surface area (Å²) in [6, 6.07) is 0. The van der Waals surface area contributed by atoms with Gasteiger partial charge in [-0.2, -0.15) is 0 Å². The highest BCUT2D eigenvalue weighted by atomic mass is 16.5. The number of rotatable bonds is 4. The third kappa shape index (κ3) is 2.84. The molecule has 1 aliphatic rings. The zero-order valence-corrected chi connectivity index (χ0v) is 9.94. The molecular formula is C12H19NO3. The van der Waals surface area contributed by atoms with E-state index in [1.807, 2.05) is 6.92 Å². The van der Waals surface area contributed by atoms with Gasteiger partial charge in [0, 0.05) is 19.5 Å². The molecule has 2 unspecified atom stereocenters. The van der Waals surface area contributed by atoms with Crippen molar-refractivity contribution in [3.05, 3.63) is 12.7 Å². The average molecular weight is 225 g/mol. The van der Waals surface area contributed by atoms with Crippen molar-refractivity contribution in [1.82, 2.24) is 4.90 Å². The summed E-state index contributed by atoms with van der Waals surface area (Å²) < 4.78 is 4.72. The fraction of sp³-hybridized carbons (Fsp3) is 0.667. The van der Waals surface area contributed by atoms with Gasteiger partial charge in [0.1, 0.15) is 0 Å². The number of amides is 1. The highest BCUT2D eigenvalue weighted by molar-refractivity contribution is 5.79. The Bertz CT molecular complexity index is 288. The third-order valence-corrected chi connectivity index (χ3v) is 3.03. The van der Waals surface area contributed by atoms with Crippen molar-refractivity contribution in [2.45, 2.75) is 19.8 Å². The smallest absolute Gasteiger partial charge is 0.310 e. The molecule has 1 aliphatic heterocycles. The zero-order chi connectivity index (χ0) is 12.1. The molecule has 0 bridgehead atoms. The highest BCUT2D eigenvalue weighted by Gasteiger charge is 2.37. The monoisotopic (exact) mass is 225 g/mol. The van der Waals surface area contributed by atoms with Crippen LogP contribution in [0.3, 0.4) is 0 Å². The molecule has 2 atom stereocenters. The van der Waals surface area contributed by atoms with Crippen LogP contribution in [0.2, 0.25) is 0 Å². The molecule has 0 aromatic heterocycles. The molecule has 0 aromatic rings. The number of hydrogen-bond donors (Lipinski definition) is 0. The van der Waals surface area contributed by atoms with Crippen LogP contribution in [0.4, 0.5) is 0 Å². The topological polar surface area (TPSA) is 46.6 Å². The second kappa shape index (κ2) is 5.68. The van der Waals surface area contributed by atoms with Crippen LogP contribution in [-0.4, -0.2) is 37.0 Å². The van der Waals surface area contributed by atoms with E-state index in [1.54, 1.807) is 11.0 Å². The molecule has 0 aromatic carbocycles. The Balaban J connectivity index is 2.52. The van der Waals surface area contributed by atoms with E-state index in [1.165, 1.54) is 7.11 Å². The average Bonchev–Trinajstić information content (AvgIpc) is 2.67. The van der Waals surface area contributed by atoms with Gasteiger partial charge in [0.25, 0.3) is 0 Å². The maximum absolute atomic E-state index is 11.7. The minimum absolute atomic E-state index is 0.0955. The molecule has 1 saturated heterocycles. The number of hydrogen-bond acceptors (Lipinski definition) is 3. The van der Waals surface area contributed by atoms with Crippen molar-refractivity contribution in [3.8, 4) is 0 Å². The van der Waals surface area contributed by atoms with Gasteiger partial charge in [-0.25, -0.2) is 0 Å². The molecule has 4 heteroatoms. The fourth-order valence-electron chi connectivity index (χ4n) is 2.01. The van der Waals surface area contributed by atoms with Gasteiger partial charge in [-0.3, -0.25) is 9.59 Å². The van der Waals surface area contributed by atoms with Gasteiger partial charge in [-0.05, 0) is 12.3 Å². The van der Waals surface area contributed by atoms with Crippen LogP contribution in [-0.2, 0) is 14.3 Å². The SMILES string of the molecule is C=CCCC(=O)N1CC(C)C(C(=O)OC)C1. The number of nitrogens with zero attached hydrogens (tertiary/aromatic N) is 1. The summed E-state index contributed by atoms with van der Waals surface area (Å²) in [6.07, 6.45) is 2.89. The van der Waals surface area contributed by atoms with Gasteiger partial charge < -0.3 is 9.64 Å². The van der Waals surface area contributed by atoms with Crippen molar-refractivity contribution >= 4 is 11.9 Å². The molecule has 1 heterocycles. The van der Waals surface area contributed by atoms with Gasteiger partial charge >= 0.3 is 5.97 Å². The normalized spacial score (nSPS) is 24.2. The largest absolute Gasteiger partial charge is 0.469 e. The summed E-state index contributed by atoms with van der Waals surface area (Å²) in [6.45, 7) is 6.70. The van der Waals surface area contributed by atoms with E-state index >= 15 is 0 Å². The van der Waals surface area contributed by atoms with Crippen molar-refractivity contribution in [3.63, 3.8) is 0 Å². The lowest BCUT2D eigenvalue weighted by Gasteiger charge is -2.15. The van der Waals surface area contributed by atoms with Crippen molar-refractivity contribution < 1.29 is 14.3 Å². The Morgan fingerprint density at radius 1 is 1.50 bits per heavy atom. The van der Waals surface area contributed by atoms with Crippen LogP contribution in [0.25, 0.3) is 0 Å². The summed E-state index contributed by atoms with van der Waals surface area (Å²) in [5.41, 5.74) is 0. The minimum atomic E-state index is -0.216. The molecule has 1 fully saturated rings. The Labute approximate surface area is 96.3 Å². The van der Waals surface area contributed by atoms with E-state index in [2.05, 4.69) is 6.58 Å². The summed E-state index contributed by atoms with van der Waals surface area (Å²) in [7, 11) is 1.39. The summed E-state index contributed by atoms with van der Waals surface area (Å²) in [4.78, 5) is 24.9. The lowest BCUT2D eigenvalue weighted by Crippen LogP contribution is -2.29. The van der Waals surface area contributed by atoms with Crippen LogP contribution >= 0.6 is 0 Å². The van der Waals surface area contributed by atoms with Crippen molar-refractivity contribution in [2.24, 2.45) is 11.8 Å². The first-order chi connectivity index (χ1) is 7.60. The van der Waals surface area contributed by atoms with Crippen LogP contribution in [0.5, 0.6) is 0 Å². The molecule has 1 rings (SSSR count). The molecule has 16 heavy (non-hydrogen) atoms. The van der Waals surface area contributed by atoms with Crippen molar-refractivity contribution in [1.29, 1.82) is 0 Å². The Morgan fingerprint density at radius 3 is 2.75 bits per heavy atom. The van der Waals surface area contributed by atoms with E-state index < -0.39 is 0 Å². The molecule has 0 N–H and O–H groups in total. The Kier molecular flexibility index (Phi) is 4.52. The van der Waals surface area contributed by atoms with Gasteiger partial charge in [0.05, 0.1) is 13.0 Å². The lowest BCUT2D eigenvalue weighted by molar-refractivity contribution is -0.146. The number of methoxy groups -OCH3 is 1. The predicted molar refractivity (Wildman–Crippen MR) is 60.7 cm³/mol. The first-order valence-electron chi connectivity index (χ1n) is 5.56. The number of allylic oxidation sites excluding steroid dienone is 1. The van der Waals surface area contributed by atoms with E-state index in [-0.39, 0.29) is 23.7 Å². The number of likely N-dealkylation sites (tertiary alicyclic amines) is 1. The molecular weight excluding hydrogens is 206 g/mol. The van der Waals surface area contributed by atoms with Crippen LogP contribution in [0.15, 0.2) is 12.7 Å². The summed E-state index contributed by atoms with van der Waals surface area (Å²) >= 11 is 0. The van der Waals surface area contributed by atoms with E-state index in [0.29, 0.717) is 25.9 Å². The molecule has 0 spiro atoms. The van der Waals surface area contributed by atoms with E-state index in [0.717, 1.165) is 0 Å². The quantitative estimate of drug-likeness (QED) is 0.534. The van der Waals surface area contributed by atoms with Gasteiger partial charge in [-0.15, -0.1) is 6.58 Å². The van der Waals surface area contributed by atoms with E-state index in [9.17, 15) is 9.59 Å². The first-order valence-corrected chi connectivity index (χ1v) is 5.56. The van der Waals surface area contributed by atoms with Gasteiger partial charge in [0.15, 0.2) is 0 Å². The minimum Gasteiger partial charge on any atom is -0.469 e. The van der Waals surface area contributed by atoms with Gasteiger partial charge in [0.2, 0.25) is 5.91 Å². The van der Waals surface area contributed by atoms with Crippen LogP contribution in [0.1, 0.15) is 19.8 Å². The highest BCUT2D eigenvalue weighted by Crippen LogP contribution is 2.24. The Hall–Kier alpha value is -1.32. The maximum Gasteiger partial charge on any atom is 0.310 e. The van der Waals surface area contributed by atoms with E-state index in [4.69, 9.17) is 4.74 Å². The number of esters is 1. The van der Waals surface area contributed by atoms with Crippen LogP contribution < -0.4 is 0 Å². The van der Waals surface area contributed by atoms with Crippen molar-refractivity contribution in [2.75, 3.05) is 20.2 Å². The number of carbonyl (C=O) groups is 2. The molecule has 0 radical (unpaired) electrons. The third-order valence-electron chi connectivity index (χ3n) is 3.03. The zero-order valence-electron chi connectivity index (χ0n) is 9.94. The molecule has 4 nitrogen and oxygen atoms in total. The second-order valence-corrected chi connectivity index (χ2v) is 4.23.